The first-order chi connectivity index (χ1) is 16.8. The summed E-state index contributed by atoms with van der Waals surface area (Å²) in [6, 6.07) is 15.5. The summed E-state index contributed by atoms with van der Waals surface area (Å²) in [5.74, 6) is -1.58. The molecular formula is C28H34N2O5. The number of carboxylic acids is 1. The second kappa shape index (κ2) is 10.5. The molecule has 1 heterocycles. The molecule has 7 nitrogen and oxygen atoms in total. The number of carbonyl (C=O) groups is 3. The smallest absolute Gasteiger partial charge is 0.407 e. The fraction of sp³-hybridized carbons (Fsp3) is 0.464. The highest BCUT2D eigenvalue weighted by atomic mass is 16.5. The Balaban J connectivity index is 1.38. The van der Waals surface area contributed by atoms with E-state index in [1.807, 2.05) is 45.0 Å². The summed E-state index contributed by atoms with van der Waals surface area (Å²) in [6.45, 7) is 6.56. The Hall–Kier alpha value is -3.35. The summed E-state index contributed by atoms with van der Waals surface area (Å²) >= 11 is 0. The van der Waals surface area contributed by atoms with Crippen LogP contribution in [0, 0.1) is 17.8 Å². The number of hydrogen-bond acceptors (Lipinski definition) is 4. The first-order valence-corrected chi connectivity index (χ1v) is 12.4. The number of ether oxygens (including phenoxy) is 1. The Labute approximate surface area is 206 Å². The van der Waals surface area contributed by atoms with Crippen molar-refractivity contribution in [1.29, 1.82) is 0 Å². The van der Waals surface area contributed by atoms with Crippen LogP contribution in [0.4, 0.5) is 4.79 Å². The van der Waals surface area contributed by atoms with Crippen LogP contribution in [0.2, 0.25) is 0 Å². The maximum absolute atomic E-state index is 13.3. The number of alkyl carbamates (subject to hydrolysis) is 1. The van der Waals surface area contributed by atoms with Gasteiger partial charge in [0.1, 0.15) is 12.6 Å². The Morgan fingerprint density at radius 1 is 1.03 bits per heavy atom. The summed E-state index contributed by atoms with van der Waals surface area (Å²) in [6.07, 6.45) is 0.657. The van der Waals surface area contributed by atoms with Gasteiger partial charge in [0.2, 0.25) is 5.91 Å². The fourth-order valence-electron chi connectivity index (χ4n) is 5.32. The van der Waals surface area contributed by atoms with Crippen molar-refractivity contribution in [2.24, 2.45) is 17.8 Å². The quantitative estimate of drug-likeness (QED) is 0.611. The molecule has 2 amide bonds. The number of amides is 2. The molecule has 1 saturated heterocycles. The van der Waals surface area contributed by atoms with E-state index >= 15 is 0 Å². The molecule has 3 unspecified atom stereocenters. The third-order valence-electron chi connectivity index (χ3n) is 7.32. The summed E-state index contributed by atoms with van der Waals surface area (Å²) in [5, 5.41) is 12.4. The standard InChI is InChI=1S/C28H34N2O5/c1-17(2)23(26(31)30-15-18(3)12-13-25(30)27(32)33)14-29-28(34)35-16-24-21-10-6-4-8-19(21)20-9-5-7-11-22(20)24/h4-11,17-18,23-25H,12-16H2,1-3H3,(H,29,34)(H,32,33). The Morgan fingerprint density at radius 2 is 1.63 bits per heavy atom. The number of fused-ring (bicyclic) bond motifs is 3. The average Bonchev–Trinajstić information content (AvgIpc) is 3.16. The SMILES string of the molecule is CC1CCC(C(=O)O)N(C(=O)C(CNC(=O)OCC2c3ccccc3-c3ccccc32)C(C)C)C1. The van der Waals surface area contributed by atoms with E-state index in [4.69, 9.17) is 4.74 Å². The zero-order chi connectivity index (χ0) is 25.1. The minimum Gasteiger partial charge on any atom is -0.480 e. The van der Waals surface area contributed by atoms with Crippen LogP contribution in [0.15, 0.2) is 48.5 Å². The molecule has 1 aliphatic heterocycles. The van der Waals surface area contributed by atoms with Gasteiger partial charge in [-0.3, -0.25) is 4.79 Å². The number of aliphatic carboxylic acids is 1. The summed E-state index contributed by atoms with van der Waals surface area (Å²) in [5.41, 5.74) is 4.59. The van der Waals surface area contributed by atoms with Crippen molar-refractivity contribution >= 4 is 18.0 Å². The molecule has 186 valence electrons. The molecule has 0 radical (unpaired) electrons. The van der Waals surface area contributed by atoms with E-state index in [1.165, 1.54) is 4.90 Å². The highest BCUT2D eigenvalue weighted by molar-refractivity contribution is 5.86. The van der Waals surface area contributed by atoms with Crippen molar-refractivity contribution < 1.29 is 24.2 Å². The number of carboxylic acid groups (broad SMARTS) is 1. The monoisotopic (exact) mass is 478 g/mol. The van der Waals surface area contributed by atoms with Gasteiger partial charge in [-0.15, -0.1) is 0 Å². The Bertz CT molecular complexity index is 1050. The maximum Gasteiger partial charge on any atom is 0.407 e. The number of nitrogens with zero attached hydrogens (tertiary/aromatic N) is 1. The van der Waals surface area contributed by atoms with Gasteiger partial charge in [0.05, 0.1) is 5.92 Å². The molecule has 2 aromatic carbocycles. The molecule has 2 aliphatic rings. The number of hydrogen-bond donors (Lipinski definition) is 2. The minimum absolute atomic E-state index is 0.0400. The van der Waals surface area contributed by atoms with E-state index in [0.29, 0.717) is 13.0 Å². The second-order valence-electron chi connectivity index (χ2n) is 10.1. The van der Waals surface area contributed by atoms with Crippen LogP contribution >= 0.6 is 0 Å². The molecule has 1 fully saturated rings. The number of nitrogens with one attached hydrogen (secondary N) is 1. The van der Waals surface area contributed by atoms with Gasteiger partial charge < -0.3 is 20.1 Å². The zero-order valence-corrected chi connectivity index (χ0v) is 20.6. The maximum atomic E-state index is 13.3. The highest BCUT2D eigenvalue weighted by Gasteiger charge is 2.38. The first-order valence-electron chi connectivity index (χ1n) is 12.4. The van der Waals surface area contributed by atoms with Crippen molar-refractivity contribution in [1.82, 2.24) is 10.2 Å². The lowest BCUT2D eigenvalue weighted by Crippen LogP contribution is -2.54. The first kappa shape index (κ1) is 24.8. The van der Waals surface area contributed by atoms with E-state index in [2.05, 4.69) is 29.6 Å². The van der Waals surface area contributed by atoms with E-state index in [0.717, 1.165) is 28.7 Å². The van der Waals surface area contributed by atoms with Crippen LogP contribution in [0.1, 0.15) is 50.7 Å². The Kier molecular flexibility index (Phi) is 7.43. The predicted octanol–water partition coefficient (Wildman–Crippen LogP) is 4.51. The van der Waals surface area contributed by atoms with Crippen LogP contribution in [-0.2, 0) is 14.3 Å². The molecule has 35 heavy (non-hydrogen) atoms. The van der Waals surface area contributed by atoms with Crippen LogP contribution in [0.3, 0.4) is 0 Å². The molecule has 2 aromatic rings. The zero-order valence-electron chi connectivity index (χ0n) is 20.6. The van der Waals surface area contributed by atoms with Crippen molar-refractivity contribution in [3.05, 3.63) is 59.7 Å². The third kappa shape index (κ3) is 5.19. The van der Waals surface area contributed by atoms with Gasteiger partial charge in [-0.05, 0) is 46.9 Å². The normalized spacial score (nSPS) is 20.2. The van der Waals surface area contributed by atoms with Crippen LogP contribution in [-0.4, -0.2) is 53.7 Å². The molecule has 0 bridgehead atoms. The number of rotatable bonds is 7. The van der Waals surface area contributed by atoms with E-state index in [1.54, 1.807) is 0 Å². The molecule has 0 spiro atoms. The van der Waals surface area contributed by atoms with Gasteiger partial charge in [0, 0.05) is 19.0 Å². The molecular weight excluding hydrogens is 444 g/mol. The largest absolute Gasteiger partial charge is 0.480 e. The lowest BCUT2D eigenvalue weighted by Gasteiger charge is -2.39. The third-order valence-corrected chi connectivity index (χ3v) is 7.32. The number of piperidine rings is 1. The lowest BCUT2D eigenvalue weighted by atomic mass is 9.89. The van der Waals surface area contributed by atoms with E-state index in [9.17, 15) is 19.5 Å². The van der Waals surface area contributed by atoms with Crippen molar-refractivity contribution in [2.45, 2.75) is 45.6 Å². The Morgan fingerprint density at radius 3 is 2.20 bits per heavy atom. The lowest BCUT2D eigenvalue weighted by molar-refractivity contribution is -0.155. The summed E-state index contributed by atoms with van der Waals surface area (Å²) < 4.78 is 5.60. The minimum atomic E-state index is -0.975. The molecule has 0 saturated carbocycles. The summed E-state index contributed by atoms with van der Waals surface area (Å²) in [4.78, 5) is 39.2. The number of carbonyl (C=O) groups excluding carboxylic acids is 2. The van der Waals surface area contributed by atoms with Crippen molar-refractivity contribution in [3.8, 4) is 11.1 Å². The van der Waals surface area contributed by atoms with Crippen molar-refractivity contribution in [3.63, 3.8) is 0 Å². The molecule has 2 N–H and O–H groups in total. The molecule has 3 atom stereocenters. The van der Waals surface area contributed by atoms with Gasteiger partial charge in [-0.25, -0.2) is 9.59 Å². The highest BCUT2D eigenvalue weighted by Crippen LogP contribution is 2.44. The topological polar surface area (TPSA) is 95.9 Å². The predicted molar refractivity (Wildman–Crippen MR) is 133 cm³/mol. The molecule has 0 aromatic heterocycles. The molecule has 7 heteroatoms. The van der Waals surface area contributed by atoms with Gasteiger partial charge in [-0.1, -0.05) is 69.3 Å². The average molecular weight is 479 g/mol. The summed E-state index contributed by atoms with van der Waals surface area (Å²) in [7, 11) is 0. The molecule has 1 aliphatic carbocycles. The van der Waals surface area contributed by atoms with Gasteiger partial charge >= 0.3 is 12.1 Å². The van der Waals surface area contributed by atoms with E-state index < -0.39 is 24.0 Å². The van der Waals surface area contributed by atoms with Crippen LogP contribution < -0.4 is 5.32 Å². The second-order valence-corrected chi connectivity index (χ2v) is 10.1. The van der Waals surface area contributed by atoms with Crippen LogP contribution in [0.5, 0.6) is 0 Å². The van der Waals surface area contributed by atoms with Gasteiger partial charge in [0.15, 0.2) is 0 Å². The number of benzene rings is 2. The number of likely N-dealkylation sites (tertiary alicyclic amines) is 1. The van der Waals surface area contributed by atoms with Gasteiger partial charge in [0.25, 0.3) is 0 Å². The fourth-order valence-corrected chi connectivity index (χ4v) is 5.32. The van der Waals surface area contributed by atoms with Gasteiger partial charge in [-0.2, -0.15) is 0 Å². The molecule has 4 rings (SSSR count). The van der Waals surface area contributed by atoms with Crippen LogP contribution in [0.25, 0.3) is 11.1 Å². The van der Waals surface area contributed by atoms with Crippen molar-refractivity contribution in [2.75, 3.05) is 19.7 Å². The van der Waals surface area contributed by atoms with E-state index in [-0.39, 0.29) is 36.8 Å².